The van der Waals surface area contributed by atoms with E-state index in [0.29, 0.717) is 0 Å². The van der Waals surface area contributed by atoms with Gasteiger partial charge in [-0.3, -0.25) is 4.79 Å². The van der Waals surface area contributed by atoms with Gasteiger partial charge in [0, 0.05) is 11.9 Å². The molecule has 1 N–H and O–H groups in total. The summed E-state index contributed by atoms with van der Waals surface area (Å²) in [5, 5.41) is 0. The highest BCUT2D eigenvalue weighted by Crippen LogP contribution is 2.23. The first-order valence-corrected chi connectivity index (χ1v) is 6.00. The molecule has 1 aromatic heterocycles. The number of hydrogen-bond acceptors (Lipinski definition) is 3. The Morgan fingerprint density at radius 1 is 1.29 bits per heavy atom. The van der Waals surface area contributed by atoms with Crippen LogP contribution in [0.4, 0.5) is 0 Å². The molecule has 0 aliphatic carbocycles. The summed E-state index contributed by atoms with van der Waals surface area (Å²) >= 11 is 2.94. The Balaban J connectivity index is 1.98. The maximum atomic E-state index is 10.9. The van der Waals surface area contributed by atoms with Crippen LogP contribution >= 0.6 is 23.1 Å². The lowest BCUT2D eigenvalue weighted by molar-refractivity contribution is 1.31. The van der Waals surface area contributed by atoms with E-state index in [-0.39, 0.29) is 4.87 Å². The van der Waals surface area contributed by atoms with E-state index in [2.05, 4.69) is 17.1 Å². The van der Waals surface area contributed by atoms with E-state index < -0.39 is 0 Å². The Bertz CT molecular complexity index is 446. The fourth-order valence-electron chi connectivity index (χ4n) is 1.07. The van der Waals surface area contributed by atoms with E-state index >= 15 is 0 Å². The van der Waals surface area contributed by atoms with E-state index in [1.54, 1.807) is 18.0 Å². The molecule has 0 unspecified atom stereocenters. The molecule has 2 rings (SSSR count). The normalized spacial score (nSPS) is 10.3. The number of nitrogens with one attached hydrogen (secondary N) is 1. The third-order valence-corrected chi connectivity index (χ3v) is 3.83. The Kier molecular flexibility index (Phi) is 3.06. The molecule has 72 valence electrons. The molecule has 0 amide bonds. The molecule has 0 bridgehead atoms. The van der Waals surface area contributed by atoms with Gasteiger partial charge in [0.25, 0.3) is 0 Å². The largest absolute Gasteiger partial charge is 0.318 e. The van der Waals surface area contributed by atoms with E-state index in [1.165, 1.54) is 16.9 Å². The van der Waals surface area contributed by atoms with Crippen LogP contribution in [0.25, 0.3) is 0 Å². The van der Waals surface area contributed by atoms with Crippen LogP contribution in [0, 0.1) is 0 Å². The summed E-state index contributed by atoms with van der Waals surface area (Å²) in [6, 6.07) is 10.2. The number of benzene rings is 1. The molecule has 4 heteroatoms. The van der Waals surface area contributed by atoms with Gasteiger partial charge in [0.05, 0.1) is 4.21 Å². The van der Waals surface area contributed by atoms with Crippen molar-refractivity contribution >= 4 is 23.1 Å². The second kappa shape index (κ2) is 4.48. The maximum absolute atomic E-state index is 10.9. The quantitative estimate of drug-likeness (QED) is 0.812. The van der Waals surface area contributed by atoms with Crippen LogP contribution in [0.5, 0.6) is 0 Å². The number of thiazole rings is 1. The van der Waals surface area contributed by atoms with Gasteiger partial charge in [-0.25, -0.2) is 0 Å². The molecular weight excluding hydrogens is 214 g/mol. The number of H-pyrrole nitrogens is 1. The van der Waals surface area contributed by atoms with Crippen LogP contribution < -0.4 is 4.87 Å². The number of aromatic nitrogens is 1. The Labute approximate surface area is 90.0 Å². The van der Waals surface area contributed by atoms with Gasteiger partial charge < -0.3 is 4.98 Å². The molecule has 0 aliphatic heterocycles. The van der Waals surface area contributed by atoms with Crippen molar-refractivity contribution in [3.05, 3.63) is 51.8 Å². The average Bonchev–Trinajstić information content (AvgIpc) is 2.63. The van der Waals surface area contributed by atoms with Crippen LogP contribution in [0.15, 0.2) is 45.5 Å². The molecule has 0 saturated heterocycles. The lowest BCUT2D eigenvalue weighted by atomic mass is 10.2. The van der Waals surface area contributed by atoms with Gasteiger partial charge in [0.15, 0.2) is 0 Å². The number of hydrogen-bond donors (Lipinski definition) is 1. The molecular formula is C10H9NOS2. The third kappa shape index (κ3) is 2.49. The summed E-state index contributed by atoms with van der Waals surface area (Å²) < 4.78 is 1.04. The highest BCUT2D eigenvalue weighted by Gasteiger charge is 1.98. The Morgan fingerprint density at radius 2 is 2.07 bits per heavy atom. The highest BCUT2D eigenvalue weighted by atomic mass is 32.2. The molecule has 1 heterocycles. The van der Waals surface area contributed by atoms with Crippen molar-refractivity contribution in [1.29, 1.82) is 0 Å². The van der Waals surface area contributed by atoms with E-state index in [0.717, 1.165) is 9.96 Å². The molecule has 0 aliphatic rings. The van der Waals surface area contributed by atoms with Crippen molar-refractivity contribution in [2.45, 2.75) is 9.96 Å². The number of thioether (sulfide) groups is 1. The monoisotopic (exact) mass is 223 g/mol. The zero-order valence-corrected chi connectivity index (χ0v) is 9.03. The van der Waals surface area contributed by atoms with Crippen molar-refractivity contribution in [2.24, 2.45) is 0 Å². The van der Waals surface area contributed by atoms with Crippen molar-refractivity contribution in [3.8, 4) is 0 Å². The van der Waals surface area contributed by atoms with E-state index in [9.17, 15) is 4.79 Å². The Hall–Kier alpha value is -1.00. The van der Waals surface area contributed by atoms with Crippen LogP contribution in [0.3, 0.4) is 0 Å². The second-order valence-electron chi connectivity index (χ2n) is 2.77. The number of aromatic amines is 1. The summed E-state index contributed by atoms with van der Waals surface area (Å²) in [4.78, 5) is 13.5. The molecule has 2 nitrogen and oxygen atoms in total. The molecule has 14 heavy (non-hydrogen) atoms. The highest BCUT2D eigenvalue weighted by molar-refractivity contribution is 8.00. The minimum atomic E-state index is 0.0144. The molecule has 0 atom stereocenters. The van der Waals surface area contributed by atoms with Crippen molar-refractivity contribution < 1.29 is 0 Å². The predicted molar refractivity (Wildman–Crippen MR) is 60.9 cm³/mol. The first-order valence-electron chi connectivity index (χ1n) is 4.20. The minimum Gasteiger partial charge on any atom is -0.318 e. The fourth-order valence-corrected chi connectivity index (χ4v) is 2.77. The van der Waals surface area contributed by atoms with Gasteiger partial charge in [0.2, 0.25) is 0 Å². The van der Waals surface area contributed by atoms with Crippen molar-refractivity contribution in [1.82, 2.24) is 4.98 Å². The molecule has 1 aromatic carbocycles. The molecule has 0 saturated carbocycles. The molecule has 0 radical (unpaired) electrons. The standard InChI is InChI=1S/C10H9NOS2/c12-10-11-6-9(14-10)13-7-8-4-2-1-3-5-8/h1-6H,7H2,(H,11,12). The number of rotatable bonds is 3. The fraction of sp³-hybridized carbons (Fsp3) is 0.100. The zero-order valence-electron chi connectivity index (χ0n) is 7.40. The smallest absolute Gasteiger partial charge is 0.305 e. The zero-order chi connectivity index (χ0) is 9.80. The van der Waals surface area contributed by atoms with Gasteiger partial charge in [0.1, 0.15) is 0 Å². The lowest BCUT2D eigenvalue weighted by Crippen LogP contribution is -1.88. The predicted octanol–water partition coefficient (Wildman–Crippen LogP) is 2.73. The van der Waals surface area contributed by atoms with Gasteiger partial charge in [-0.1, -0.05) is 41.7 Å². The molecule has 0 fully saturated rings. The molecule has 2 aromatic rings. The lowest BCUT2D eigenvalue weighted by Gasteiger charge is -1.97. The average molecular weight is 223 g/mol. The van der Waals surface area contributed by atoms with Crippen LogP contribution in [0.1, 0.15) is 5.56 Å². The minimum absolute atomic E-state index is 0.0144. The maximum Gasteiger partial charge on any atom is 0.305 e. The van der Waals surface area contributed by atoms with Gasteiger partial charge in [-0.2, -0.15) is 0 Å². The van der Waals surface area contributed by atoms with Crippen LogP contribution in [0.2, 0.25) is 0 Å². The summed E-state index contributed by atoms with van der Waals surface area (Å²) in [5.41, 5.74) is 1.28. The SMILES string of the molecule is O=c1[nH]cc(SCc2ccccc2)s1. The van der Waals surface area contributed by atoms with Crippen LogP contribution in [-0.4, -0.2) is 4.98 Å². The Morgan fingerprint density at radius 3 is 2.71 bits per heavy atom. The molecule has 0 spiro atoms. The van der Waals surface area contributed by atoms with Gasteiger partial charge in [-0.05, 0) is 5.56 Å². The summed E-state index contributed by atoms with van der Waals surface area (Å²) in [6.45, 7) is 0. The summed E-state index contributed by atoms with van der Waals surface area (Å²) in [7, 11) is 0. The summed E-state index contributed by atoms with van der Waals surface area (Å²) in [5.74, 6) is 0.911. The van der Waals surface area contributed by atoms with Gasteiger partial charge in [-0.15, -0.1) is 11.8 Å². The topological polar surface area (TPSA) is 32.9 Å². The van der Waals surface area contributed by atoms with Gasteiger partial charge >= 0.3 is 4.87 Å². The van der Waals surface area contributed by atoms with Crippen molar-refractivity contribution in [2.75, 3.05) is 0 Å². The second-order valence-corrected chi connectivity index (χ2v) is 5.06. The first-order chi connectivity index (χ1) is 6.84. The van der Waals surface area contributed by atoms with Crippen molar-refractivity contribution in [3.63, 3.8) is 0 Å². The first kappa shape index (κ1) is 9.55. The summed E-state index contributed by atoms with van der Waals surface area (Å²) in [6.07, 6.45) is 1.76. The van der Waals surface area contributed by atoms with E-state index in [1.807, 2.05) is 18.2 Å². The van der Waals surface area contributed by atoms with Crippen LogP contribution in [-0.2, 0) is 5.75 Å². The van der Waals surface area contributed by atoms with E-state index in [4.69, 9.17) is 0 Å². The third-order valence-electron chi connectivity index (χ3n) is 1.73.